The maximum atomic E-state index is 12.5. The third-order valence-corrected chi connectivity index (χ3v) is 6.16. The first-order chi connectivity index (χ1) is 12.6. The van der Waals surface area contributed by atoms with Gasteiger partial charge < -0.3 is 4.90 Å². The number of carbonyl (C=O) groups is 2. The van der Waals surface area contributed by atoms with Crippen LogP contribution in [0.25, 0.3) is 0 Å². The SMILES string of the molecule is Cc1ccccc1N1C[C@H](c2nnc(NC(=O)c3cccs3)s2)CC1=O. The highest BCUT2D eigenvalue weighted by molar-refractivity contribution is 7.15. The van der Waals surface area contributed by atoms with E-state index in [1.807, 2.05) is 47.5 Å². The lowest BCUT2D eigenvalue weighted by Crippen LogP contribution is -2.25. The molecule has 1 N–H and O–H groups in total. The second kappa shape index (κ2) is 6.97. The van der Waals surface area contributed by atoms with Crippen LogP contribution in [0.1, 0.15) is 32.6 Å². The minimum atomic E-state index is -0.188. The molecule has 1 fully saturated rings. The second-order valence-electron chi connectivity index (χ2n) is 6.07. The molecule has 1 aromatic carbocycles. The van der Waals surface area contributed by atoms with Crippen molar-refractivity contribution in [2.75, 3.05) is 16.8 Å². The van der Waals surface area contributed by atoms with Gasteiger partial charge in [0.05, 0.1) is 4.88 Å². The molecule has 8 heteroatoms. The Labute approximate surface area is 158 Å². The Hall–Kier alpha value is -2.58. The highest BCUT2D eigenvalue weighted by Gasteiger charge is 2.34. The van der Waals surface area contributed by atoms with Gasteiger partial charge in [0.2, 0.25) is 11.0 Å². The first-order valence-electron chi connectivity index (χ1n) is 8.16. The first-order valence-corrected chi connectivity index (χ1v) is 9.85. The predicted molar refractivity (Wildman–Crippen MR) is 103 cm³/mol. The van der Waals surface area contributed by atoms with Gasteiger partial charge >= 0.3 is 0 Å². The average molecular weight is 384 g/mol. The largest absolute Gasteiger partial charge is 0.311 e. The molecule has 0 saturated carbocycles. The predicted octanol–water partition coefficient (Wildman–Crippen LogP) is 3.68. The smallest absolute Gasteiger partial charge is 0.267 e. The second-order valence-corrected chi connectivity index (χ2v) is 8.03. The van der Waals surface area contributed by atoms with Crippen LogP contribution in [0.15, 0.2) is 41.8 Å². The van der Waals surface area contributed by atoms with E-state index in [2.05, 4.69) is 15.5 Å². The highest BCUT2D eigenvalue weighted by Crippen LogP contribution is 2.35. The van der Waals surface area contributed by atoms with E-state index < -0.39 is 0 Å². The number of carbonyl (C=O) groups excluding carboxylic acids is 2. The number of nitrogens with one attached hydrogen (secondary N) is 1. The third-order valence-electron chi connectivity index (χ3n) is 4.29. The summed E-state index contributed by atoms with van der Waals surface area (Å²) in [5.41, 5.74) is 2.01. The fourth-order valence-corrected chi connectivity index (χ4v) is 4.44. The standard InChI is InChI=1S/C18H16N4O2S2/c1-11-5-2-3-6-13(11)22-10-12(9-15(22)23)17-20-21-18(26-17)19-16(24)14-7-4-8-25-14/h2-8,12H,9-10H2,1H3,(H,19,21,24)/t12-/m1/s1. The minimum absolute atomic E-state index is 0.00741. The first kappa shape index (κ1) is 16.9. The molecule has 1 atom stereocenters. The van der Waals surface area contributed by atoms with E-state index in [4.69, 9.17) is 0 Å². The molecule has 4 rings (SSSR count). The van der Waals surface area contributed by atoms with Gasteiger partial charge in [-0.25, -0.2) is 0 Å². The molecule has 6 nitrogen and oxygen atoms in total. The number of benzene rings is 1. The number of aromatic nitrogens is 2. The molecule has 3 aromatic rings. The van der Waals surface area contributed by atoms with Crippen LogP contribution in [-0.4, -0.2) is 28.6 Å². The number of amides is 2. The van der Waals surface area contributed by atoms with E-state index in [-0.39, 0.29) is 17.7 Å². The molecule has 1 aliphatic rings. The van der Waals surface area contributed by atoms with E-state index in [9.17, 15) is 9.59 Å². The van der Waals surface area contributed by atoms with E-state index >= 15 is 0 Å². The average Bonchev–Trinajstić information content (AvgIpc) is 3.36. The number of thiophene rings is 1. The van der Waals surface area contributed by atoms with Crippen LogP contribution in [0, 0.1) is 6.92 Å². The van der Waals surface area contributed by atoms with Crippen molar-refractivity contribution in [3.63, 3.8) is 0 Å². The van der Waals surface area contributed by atoms with E-state index in [0.29, 0.717) is 23.0 Å². The quantitative estimate of drug-likeness (QED) is 0.744. The number of hydrogen-bond acceptors (Lipinski definition) is 6. The van der Waals surface area contributed by atoms with Crippen molar-refractivity contribution in [1.82, 2.24) is 10.2 Å². The highest BCUT2D eigenvalue weighted by atomic mass is 32.1. The minimum Gasteiger partial charge on any atom is -0.311 e. The molecule has 0 spiro atoms. The Kier molecular flexibility index (Phi) is 4.52. The molecule has 2 aromatic heterocycles. The third kappa shape index (κ3) is 3.25. The summed E-state index contributed by atoms with van der Waals surface area (Å²) >= 11 is 2.71. The number of hydrogen-bond donors (Lipinski definition) is 1. The summed E-state index contributed by atoms with van der Waals surface area (Å²) in [6, 6.07) is 11.4. The van der Waals surface area contributed by atoms with Crippen molar-refractivity contribution < 1.29 is 9.59 Å². The molecule has 2 amide bonds. The summed E-state index contributed by atoms with van der Waals surface area (Å²) in [7, 11) is 0. The molecule has 132 valence electrons. The van der Waals surface area contributed by atoms with Crippen molar-refractivity contribution in [3.8, 4) is 0 Å². The van der Waals surface area contributed by atoms with Gasteiger partial charge in [0.1, 0.15) is 5.01 Å². The van der Waals surface area contributed by atoms with Gasteiger partial charge in [0, 0.05) is 24.6 Å². The van der Waals surface area contributed by atoms with Crippen LogP contribution < -0.4 is 10.2 Å². The maximum Gasteiger partial charge on any atom is 0.267 e. The molecule has 26 heavy (non-hydrogen) atoms. The fourth-order valence-electron chi connectivity index (χ4n) is 2.99. The zero-order chi connectivity index (χ0) is 18.1. The lowest BCUT2D eigenvalue weighted by atomic mass is 10.1. The molecular weight excluding hydrogens is 368 g/mol. The van der Waals surface area contributed by atoms with Crippen LogP contribution in [0.4, 0.5) is 10.8 Å². The van der Waals surface area contributed by atoms with Crippen molar-refractivity contribution in [2.45, 2.75) is 19.3 Å². The van der Waals surface area contributed by atoms with Crippen molar-refractivity contribution in [1.29, 1.82) is 0 Å². The van der Waals surface area contributed by atoms with E-state index in [1.54, 1.807) is 6.07 Å². The van der Waals surface area contributed by atoms with Crippen molar-refractivity contribution >= 4 is 45.3 Å². The monoisotopic (exact) mass is 384 g/mol. The van der Waals surface area contributed by atoms with Gasteiger partial charge in [0.15, 0.2) is 0 Å². The molecule has 0 bridgehead atoms. The lowest BCUT2D eigenvalue weighted by molar-refractivity contribution is -0.117. The maximum absolute atomic E-state index is 12.5. The number of nitrogens with zero attached hydrogens (tertiary/aromatic N) is 3. The van der Waals surface area contributed by atoms with E-state index in [0.717, 1.165) is 16.3 Å². The zero-order valence-corrected chi connectivity index (χ0v) is 15.6. The summed E-state index contributed by atoms with van der Waals surface area (Å²) in [4.78, 5) is 27.0. The molecule has 3 heterocycles. The Morgan fingerprint density at radius 2 is 2.08 bits per heavy atom. The molecule has 0 aliphatic carbocycles. The van der Waals surface area contributed by atoms with Gasteiger partial charge in [-0.1, -0.05) is 35.6 Å². The summed E-state index contributed by atoms with van der Waals surface area (Å²) in [5, 5.41) is 14.1. The zero-order valence-electron chi connectivity index (χ0n) is 14.0. The van der Waals surface area contributed by atoms with Gasteiger partial charge in [-0.2, -0.15) is 0 Å². The molecule has 1 saturated heterocycles. The van der Waals surface area contributed by atoms with Crippen LogP contribution in [0.5, 0.6) is 0 Å². The van der Waals surface area contributed by atoms with Crippen LogP contribution in [-0.2, 0) is 4.79 Å². The number of aryl methyl sites for hydroxylation is 1. The van der Waals surface area contributed by atoms with Crippen LogP contribution >= 0.6 is 22.7 Å². The number of anilines is 2. The van der Waals surface area contributed by atoms with Gasteiger partial charge in [0.25, 0.3) is 5.91 Å². The fraction of sp³-hybridized carbons (Fsp3) is 0.222. The Balaban J connectivity index is 1.48. The van der Waals surface area contributed by atoms with E-state index in [1.165, 1.54) is 22.7 Å². The van der Waals surface area contributed by atoms with Gasteiger partial charge in [-0.3, -0.25) is 14.9 Å². The van der Waals surface area contributed by atoms with Crippen molar-refractivity contribution in [3.05, 3.63) is 57.2 Å². The molecule has 0 radical (unpaired) electrons. The summed E-state index contributed by atoms with van der Waals surface area (Å²) in [6.45, 7) is 2.58. The Bertz CT molecular complexity index is 952. The summed E-state index contributed by atoms with van der Waals surface area (Å²) < 4.78 is 0. The van der Waals surface area contributed by atoms with Gasteiger partial charge in [-0.15, -0.1) is 21.5 Å². The molecular formula is C18H16N4O2S2. The molecule has 1 aliphatic heterocycles. The topological polar surface area (TPSA) is 75.2 Å². The Morgan fingerprint density at radius 1 is 1.23 bits per heavy atom. The van der Waals surface area contributed by atoms with Crippen LogP contribution in [0.3, 0.4) is 0 Å². The normalized spacial score (nSPS) is 16.9. The summed E-state index contributed by atoms with van der Waals surface area (Å²) in [5.74, 6) is -0.109. The van der Waals surface area contributed by atoms with Crippen molar-refractivity contribution in [2.24, 2.45) is 0 Å². The molecule has 0 unspecified atom stereocenters. The van der Waals surface area contributed by atoms with Crippen LogP contribution in [0.2, 0.25) is 0 Å². The number of rotatable bonds is 4. The lowest BCUT2D eigenvalue weighted by Gasteiger charge is -2.18. The summed E-state index contributed by atoms with van der Waals surface area (Å²) in [6.07, 6.45) is 0.405. The Morgan fingerprint density at radius 3 is 2.85 bits per heavy atom. The number of para-hydroxylation sites is 1. The van der Waals surface area contributed by atoms with Gasteiger partial charge in [-0.05, 0) is 30.0 Å².